The van der Waals surface area contributed by atoms with Crippen molar-refractivity contribution in [3.63, 3.8) is 0 Å². The molecular weight excluding hydrogens is 376 g/mol. The number of sulfonamides is 1. The molecule has 1 aromatic rings. The molecule has 0 bridgehead atoms. The second-order valence-electron chi connectivity index (χ2n) is 7.91. The van der Waals surface area contributed by atoms with Gasteiger partial charge in [0.1, 0.15) is 6.04 Å². The van der Waals surface area contributed by atoms with Gasteiger partial charge in [-0.1, -0.05) is 56.4 Å². The van der Waals surface area contributed by atoms with Gasteiger partial charge in [0.2, 0.25) is 10.0 Å². The zero-order valence-electron chi connectivity index (χ0n) is 17.2. The average molecular weight is 411 g/mol. The first-order valence-electron chi connectivity index (χ1n) is 10.2. The molecule has 7 heteroatoms. The molecule has 0 amide bonds. The predicted molar refractivity (Wildman–Crippen MR) is 111 cm³/mol. The van der Waals surface area contributed by atoms with Gasteiger partial charge < -0.3 is 10.1 Å². The molecule has 0 saturated heterocycles. The Labute approximate surface area is 169 Å². The number of hydrogen-bond acceptors (Lipinski definition) is 5. The van der Waals surface area contributed by atoms with Crippen LogP contribution < -0.4 is 10.0 Å². The van der Waals surface area contributed by atoms with Crippen molar-refractivity contribution in [3.05, 3.63) is 35.4 Å². The van der Waals surface area contributed by atoms with E-state index in [1.54, 1.807) is 0 Å². The maximum Gasteiger partial charge on any atom is 0.323 e. The first-order valence-corrected chi connectivity index (χ1v) is 11.8. The number of carbonyl (C=O) groups is 1. The van der Waals surface area contributed by atoms with Crippen molar-refractivity contribution in [2.24, 2.45) is 5.92 Å². The lowest BCUT2D eigenvalue weighted by atomic mass is 9.85. The Kier molecular flexibility index (Phi) is 8.92. The molecule has 2 N–H and O–H groups in total. The zero-order chi connectivity index (χ0) is 20.6. The molecule has 1 aliphatic rings. The molecule has 0 radical (unpaired) electrons. The molecule has 1 aromatic carbocycles. The topological polar surface area (TPSA) is 84.5 Å². The van der Waals surface area contributed by atoms with E-state index < -0.39 is 22.0 Å². The first kappa shape index (κ1) is 22.8. The molecule has 2 atom stereocenters. The van der Waals surface area contributed by atoms with Crippen molar-refractivity contribution in [1.82, 2.24) is 10.0 Å². The normalized spacial score (nSPS) is 17.8. The fraction of sp³-hybridized carbons (Fsp3) is 0.667. The monoisotopic (exact) mass is 410 g/mol. The number of rotatable bonds is 10. The van der Waals surface area contributed by atoms with E-state index >= 15 is 0 Å². The smallest absolute Gasteiger partial charge is 0.323 e. The van der Waals surface area contributed by atoms with Crippen molar-refractivity contribution < 1.29 is 17.9 Å². The predicted octanol–water partition coefficient (Wildman–Crippen LogP) is 3.12. The maximum absolute atomic E-state index is 12.4. The highest BCUT2D eigenvalue weighted by molar-refractivity contribution is 7.88. The van der Waals surface area contributed by atoms with Crippen molar-refractivity contribution in [1.29, 1.82) is 0 Å². The Morgan fingerprint density at radius 1 is 1.14 bits per heavy atom. The minimum absolute atomic E-state index is 0.163. The van der Waals surface area contributed by atoms with E-state index in [-0.39, 0.29) is 5.75 Å². The van der Waals surface area contributed by atoms with Crippen LogP contribution in [0.4, 0.5) is 0 Å². The Morgan fingerprint density at radius 3 is 2.43 bits per heavy atom. The summed E-state index contributed by atoms with van der Waals surface area (Å²) < 4.78 is 31.9. The Bertz CT molecular complexity index is 730. The third-order valence-electron chi connectivity index (χ3n) is 5.43. The van der Waals surface area contributed by atoms with Crippen LogP contribution in [0.3, 0.4) is 0 Å². The second kappa shape index (κ2) is 10.9. The number of carbonyl (C=O) groups excluding carboxylic acids is 1. The number of benzene rings is 1. The van der Waals surface area contributed by atoms with Gasteiger partial charge in [-0.15, -0.1) is 0 Å². The number of nitrogens with one attached hydrogen (secondary N) is 2. The lowest BCUT2D eigenvalue weighted by Crippen LogP contribution is -2.39. The molecule has 0 spiro atoms. The minimum Gasteiger partial charge on any atom is -0.468 e. The molecule has 0 aromatic heterocycles. The molecule has 1 saturated carbocycles. The van der Waals surface area contributed by atoms with Crippen LogP contribution in [-0.4, -0.2) is 33.6 Å². The highest BCUT2D eigenvalue weighted by atomic mass is 32.2. The van der Waals surface area contributed by atoms with Gasteiger partial charge in [0.25, 0.3) is 0 Å². The van der Waals surface area contributed by atoms with E-state index in [9.17, 15) is 13.2 Å². The van der Waals surface area contributed by atoms with Crippen molar-refractivity contribution >= 4 is 16.0 Å². The van der Waals surface area contributed by atoms with Gasteiger partial charge in [0.05, 0.1) is 12.9 Å². The van der Waals surface area contributed by atoms with Gasteiger partial charge in [-0.05, 0) is 37.3 Å². The summed E-state index contributed by atoms with van der Waals surface area (Å²) in [5.74, 6) is 0.0365. The summed E-state index contributed by atoms with van der Waals surface area (Å²) in [6.45, 7) is 4.31. The minimum atomic E-state index is -3.65. The van der Waals surface area contributed by atoms with Gasteiger partial charge in [0.15, 0.2) is 0 Å². The quantitative estimate of drug-likeness (QED) is 0.579. The standard InChI is InChI=1S/C21H34N2O4S/c1-16(13-18-9-5-4-6-10-18)22-14-19-11-7-8-12-20(19)15-28(25,26)23-17(2)21(24)27-3/h7-8,11-12,16-18,22-23H,4-6,9-10,13-15H2,1-3H3/t16?,17-/m0/s1. The fourth-order valence-corrected chi connectivity index (χ4v) is 5.31. The van der Waals surface area contributed by atoms with Crippen LogP contribution in [-0.2, 0) is 31.9 Å². The largest absolute Gasteiger partial charge is 0.468 e. The highest BCUT2D eigenvalue weighted by Crippen LogP contribution is 2.27. The third-order valence-corrected chi connectivity index (χ3v) is 6.83. The van der Waals surface area contributed by atoms with Gasteiger partial charge in [-0.2, -0.15) is 0 Å². The van der Waals surface area contributed by atoms with Crippen LogP contribution in [0.5, 0.6) is 0 Å². The lowest BCUT2D eigenvalue weighted by Gasteiger charge is -2.25. The van der Waals surface area contributed by atoms with Crippen molar-refractivity contribution in [3.8, 4) is 0 Å². The number of hydrogen-bond donors (Lipinski definition) is 2. The molecule has 28 heavy (non-hydrogen) atoms. The Hall–Kier alpha value is -1.44. The fourth-order valence-electron chi connectivity index (χ4n) is 3.90. The summed E-state index contributed by atoms with van der Waals surface area (Å²) in [6.07, 6.45) is 7.86. The molecule has 1 fully saturated rings. The van der Waals surface area contributed by atoms with Crippen molar-refractivity contribution in [2.45, 2.75) is 76.8 Å². The number of esters is 1. The first-order chi connectivity index (χ1) is 13.3. The molecule has 6 nitrogen and oxygen atoms in total. The zero-order valence-corrected chi connectivity index (χ0v) is 18.1. The molecule has 1 aliphatic carbocycles. The third kappa shape index (κ3) is 7.53. The Morgan fingerprint density at radius 2 is 1.79 bits per heavy atom. The summed E-state index contributed by atoms with van der Waals surface area (Å²) >= 11 is 0. The summed E-state index contributed by atoms with van der Waals surface area (Å²) in [5, 5.41) is 3.55. The molecule has 0 heterocycles. The van der Waals surface area contributed by atoms with E-state index in [0.29, 0.717) is 12.6 Å². The van der Waals surface area contributed by atoms with Crippen LogP contribution in [0.2, 0.25) is 0 Å². The van der Waals surface area contributed by atoms with E-state index in [4.69, 9.17) is 0 Å². The summed E-state index contributed by atoms with van der Waals surface area (Å²) in [4.78, 5) is 11.5. The van der Waals surface area contributed by atoms with Gasteiger partial charge >= 0.3 is 5.97 Å². The molecular formula is C21H34N2O4S. The number of ether oxygens (including phenoxy) is 1. The second-order valence-corrected chi connectivity index (χ2v) is 9.67. The van der Waals surface area contributed by atoms with Crippen LogP contribution in [0.25, 0.3) is 0 Å². The van der Waals surface area contributed by atoms with Gasteiger partial charge in [0, 0.05) is 12.6 Å². The van der Waals surface area contributed by atoms with Crippen LogP contribution in [0.15, 0.2) is 24.3 Å². The van der Waals surface area contributed by atoms with Crippen LogP contribution >= 0.6 is 0 Å². The molecule has 2 rings (SSSR count). The van der Waals surface area contributed by atoms with E-state index in [1.165, 1.54) is 52.6 Å². The SMILES string of the molecule is COC(=O)[C@H](C)NS(=O)(=O)Cc1ccccc1CNC(C)CC1CCCCC1. The highest BCUT2D eigenvalue weighted by Gasteiger charge is 2.22. The van der Waals surface area contributed by atoms with Gasteiger partial charge in [-0.25, -0.2) is 13.1 Å². The Balaban J connectivity index is 1.93. The molecule has 0 aliphatic heterocycles. The number of methoxy groups -OCH3 is 1. The summed E-state index contributed by atoms with van der Waals surface area (Å²) in [7, 11) is -2.41. The van der Waals surface area contributed by atoms with Crippen LogP contribution in [0.1, 0.15) is 63.5 Å². The molecule has 158 valence electrons. The summed E-state index contributed by atoms with van der Waals surface area (Å²) in [6, 6.07) is 7.02. The lowest BCUT2D eigenvalue weighted by molar-refractivity contribution is -0.142. The maximum atomic E-state index is 12.4. The average Bonchev–Trinajstić information content (AvgIpc) is 2.66. The van der Waals surface area contributed by atoms with Gasteiger partial charge in [-0.3, -0.25) is 4.79 Å². The molecule has 1 unspecified atom stereocenters. The van der Waals surface area contributed by atoms with Crippen molar-refractivity contribution in [2.75, 3.05) is 7.11 Å². The van der Waals surface area contributed by atoms with E-state index in [1.807, 2.05) is 24.3 Å². The van der Waals surface area contributed by atoms with E-state index in [0.717, 1.165) is 17.0 Å². The summed E-state index contributed by atoms with van der Waals surface area (Å²) in [5.41, 5.74) is 1.71. The van der Waals surface area contributed by atoms with Crippen LogP contribution in [0, 0.1) is 5.92 Å². The van der Waals surface area contributed by atoms with E-state index in [2.05, 4.69) is 21.7 Å².